The van der Waals surface area contributed by atoms with Crippen LogP contribution in [-0.2, 0) is 4.74 Å². The van der Waals surface area contributed by atoms with Gasteiger partial charge in [0.1, 0.15) is 5.82 Å². The summed E-state index contributed by atoms with van der Waals surface area (Å²) in [5.74, 6) is 0.564. The number of pyridine rings is 1. The van der Waals surface area contributed by atoms with Gasteiger partial charge in [0.25, 0.3) is 0 Å². The molecule has 1 aromatic rings. The first-order valence-corrected chi connectivity index (χ1v) is 5.80. The first-order valence-electron chi connectivity index (χ1n) is 5.80. The van der Waals surface area contributed by atoms with Crippen molar-refractivity contribution in [3.8, 4) is 0 Å². The fourth-order valence-electron chi connectivity index (χ4n) is 2.04. The number of nitrogen functional groups attached to an aromatic ring is 1. The van der Waals surface area contributed by atoms with Crippen LogP contribution in [0.3, 0.4) is 0 Å². The molecule has 0 radical (unpaired) electrons. The van der Waals surface area contributed by atoms with Gasteiger partial charge in [-0.05, 0) is 25.3 Å². The fourth-order valence-corrected chi connectivity index (χ4v) is 2.04. The maximum Gasteiger partial charge on any atom is 0.125 e. The highest BCUT2D eigenvalue weighted by Crippen LogP contribution is 2.18. The van der Waals surface area contributed by atoms with Crippen LogP contribution >= 0.6 is 0 Å². The van der Waals surface area contributed by atoms with Crippen LogP contribution in [0.15, 0.2) is 18.3 Å². The summed E-state index contributed by atoms with van der Waals surface area (Å²) in [6, 6.07) is 3.86. The van der Waals surface area contributed by atoms with Crippen molar-refractivity contribution < 1.29 is 4.74 Å². The summed E-state index contributed by atoms with van der Waals surface area (Å²) in [5.41, 5.74) is 6.76. The molecule has 1 saturated heterocycles. The third-order valence-corrected chi connectivity index (χ3v) is 2.96. The molecule has 2 N–H and O–H groups in total. The van der Waals surface area contributed by atoms with Crippen LogP contribution in [0.2, 0.25) is 0 Å². The molecule has 4 heteroatoms. The van der Waals surface area contributed by atoms with Crippen LogP contribution in [0.25, 0.3) is 0 Å². The Kier molecular flexibility index (Phi) is 3.62. The molecule has 1 atom stereocenters. The molecule has 0 saturated carbocycles. The molecule has 88 valence electrons. The van der Waals surface area contributed by atoms with E-state index >= 15 is 0 Å². The molecule has 2 heterocycles. The number of anilines is 2. The summed E-state index contributed by atoms with van der Waals surface area (Å²) in [6.07, 6.45) is 5.72. The maximum atomic E-state index is 5.71. The van der Waals surface area contributed by atoms with Crippen LogP contribution in [-0.4, -0.2) is 31.3 Å². The highest BCUT2D eigenvalue weighted by Gasteiger charge is 2.16. The third kappa shape index (κ3) is 2.85. The summed E-state index contributed by atoms with van der Waals surface area (Å²) in [4.78, 5) is 6.16. The molecule has 1 aliphatic heterocycles. The number of ether oxygens (including phenoxy) is 1. The average Bonchev–Trinajstić information content (AvgIpc) is 2.30. The van der Waals surface area contributed by atoms with Crippen molar-refractivity contribution in [1.82, 2.24) is 4.98 Å². The highest BCUT2D eigenvalue weighted by molar-refractivity contribution is 5.51. The number of rotatable bonds is 3. The van der Waals surface area contributed by atoms with Gasteiger partial charge in [-0.1, -0.05) is 0 Å². The predicted octanol–water partition coefficient (Wildman–Crippen LogP) is 1.67. The largest absolute Gasteiger partial charge is 0.384 e. The molecule has 0 amide bonds. The summed E-state index contributed by atoms with van der Waals surface area (Å²) >= 11 is 0. The Hall–Kier alpha value is -1.29. The maximum absolute atomic E-state index is 5.71. The lowest BCUT2D eigenvalue weighted by molar-refractivity contribution is 0.0216. The Morgan fingerprint density at radius 3 is 3.12 bits per heavy atom. The lowest BCUT2D eigenvalue weighted by atomic mass is 10.1. The third-order valence-electron chi connectivity index (χ3n) is 2.96. The standard InChI is InChI=1S/C12H19N3O/c1-15(9-11-4-2-3-7-16-11)10-5-6-14-12(13)8-10/h5-6,8,11H,2-4,7,9H2,1H3,(H2,13,14). The quantitative estimate of drug-likeness (QED) is 0.843. The van der Waals surface area contributed by atoms with Gasteiger partial charge in [-0.25, -0.2) is 4.98 Å². The summed E-state index contributed by atoms with van der Waals surface area (Å²) < 4.78 is 5.71. The molecule has 4 nitrogen and oxygen atoms in total. The summed E-state index contributed by atoms with van der Waals surface area (Å²) in [5, 5.41) is 0. The molecule has 1 unspecified atom stereocenters. The number of hydrogen-bond donors (Lipinski definition) is 1. The second-order valence-electron chi connectivity index (χ2n) is 4.31. The lowest BCUT2D eigenvalue weighted by Gasteiger charge is -2.28. The van der Waals surface area contributed by atoms with Crippen molar-refractivity contribution in [2.24, 2.45) is 0 Å². The lowest BCUT2D eigenvalue weighted by Crippen LogP contribution is -2.33. The topological polar surface area (TPSA) is 51.4 Å². The molecular formula is C12H19N3O. The van der Waals surface area contributed by atoms with Crippen molar-refractivity contribution in [2.75, 3.05) is 30.8 Å². The van der Waals surface area contributed by atoms with E-state index in [4.69, 9.17) is 10.5 Å². The summed E-state index contributed by atoms with van der Waals surface area (Å²) in [6.45, 7) is 1.82. The van der Waals surface area contributed by atoms with Gasteiger partial charge in [0.05, 0.1) is 6.10 Å². The molecule has 1 aliphatic rings. The zero-order chi connectivity index (χ0) is 11.4. The van der Waals surface area contributed by atoms with Crippen molar-refractivity contribution >= 4 is 11.5 Å². The van der Waals surface area contributed by atoms with Gasteiger partial charge in [-0.3, -0.25) is 0 Å². The summed E-state index contributed by atoms with van der Waals surface area (Å²) in [7, 11) is 2.06. The van der Waals surface area contributed by atoms with Gasteiger partial charge in [-0.15, -0.1) is 0 Å². The van der Waals surface area contributed by atoms with Gasteiger partial charge in [0.15, 0.2) is 0 Å². The fraction of sp³-hybridized carbons (Fsp3) is 0.583. The monoisotopic (exact) mass is 221 g/mol. The van der Waals surface area contributed by atoms with E-state index in [1.165, 1.54) is 12.8 Å². The number of nitrogens with two attached hydrogens (primary N) is 1. The first kappa shape index (κ1) is 11.2. The van der Waals surface area contributed by atoms with Crippen LogP contribution in [0, 0.1) is 0 Å². The number of nitrogens with zero attached hydrogens (tertiary/aromatic N) is 2. The Morgan fingerprint density at radius 1 is 1.56 bits per heavy atom. The van der Waals surface area contributed by atoms with E-state index in [1.807, 2.05) is 12.1 Å². The van der Waals surface area contributed by atoms with Crippen LogP contribution in [0.1, 0.15) is 19.3 Å². The molecule has 0 aliphatic carbocycles. The minimum Gasteiger partial charge on any atom is -0.384 e. The van der Waals surface area contributed by atoms with E-state index in [9.17, 15) is 0 Å². The van der Waals surface area contributed by atoms with Crippen LogP contribution in [0.5, 0.6) is 0 Å². The van der Waals surface area contributed by atoms with E-state index in [0.29, 0.717) is 11.9 Å². The second kappa shape index (κ2) is 5.16. The van der Waals surface area contributed by atoms with E-state index < -0.39 is 0 Å². The first-order chi connectivity index (χ1) is 7.75. The Labute approximate surface area is 96.4 Å². The van der Waals surface area contributed by atoms with Crippen LogP contribution < -0.4 is 10.6 Å². The van der Waals surface area contributed by atoms with E-state index in [2.05, 4.69) is 16.9 Å². The molecule has 1 fully saturated rings. The normalized spacial score (nSPS) is 20.7. The van der Waals surface area contributed by atoms with Crippen molar-refractivity contribution in [3.05, 3.63) is 18.3 Å². The van der Waals surface area contributed by atoms with E-state index in [1.54, 1.807) is 6.20 Å². The molecule has 0 bridgehead atoms. The van der Waals surface area contributed by atoms with E-state index in [-0.39, 0.29) is 0 Å². The molecule has 16 heavy (non-hydrogen) atoms. The number of likely N-dealkylation sites (N-methyl/N-ethyl adjacent to an activating group) is 1. The highest BCUT2D eigenvalue weighted by atomic mass is 16.5. The Morgan fingerprint density at radius 2 is 2.44 bits per heavy atom. The SMILES string of the molecule is CN(CC1CCCCO1)c1ccnc(N)c1. The number of hydrogen-bond acceptors (Lipinski definition) is 4. The van der Waals surface area contributed by atoms with E-state index in [0.717, 1.165) is 25.3 Å². The molecular weight excluding hydrogens is 202 g/mol. The molecule has 1 aromatic heterocycles. The number of aromatic nitrogens is 1. The minimum atomic E-state index is 0.355. The van der Waals surface area contributed by atoms with Gasteiger partial charge < -0.3 is 15.4 Å². The second-order valence-corrected chi connectivity index (χ2v) is 4.31. The average molecular weight is 221 g/mol. The van der Waals surface area contributed by atoms with Crippen molar-refractivity contribution in [2.45, 2.75) is 25.4 Å². The van der Waals surface area contributed by atoms with Gasteiger partial charge in [0.2, 0.25) is 0 Å². The minimum absolute atomic E-state index is 0.355. The zero-order valence-corrected chi connectivity index (χ0v) is 9.72. The van der Waals surface area contributed by atoms with Gasteiger partial charge in [0, 0.05) is 38.1 Å². The van der Waals surface area contributed by atoms with Gasteiger partial charge >= 0.3 is 0 Å². The van der Waals surface area contributed by atoms with Gasteiger partial charge in [-0.2, -0.15) is 0 Å². The van der Waals surface area contributed by atoms with Crippen molar-refractivity contribution in [1.29, 1.82) is 0 Å². The molecule has 2 rings (SSSR count). The van der Waals surface area contributed by atoms with Crippen molar-refractivity contribution in [3.63, 3.8) is 0 Å². The molecule has 0 aromatic carbocycles. The zero-order valence-electron chi connectivity index (χ0n) is 9.72. The predicted molar refractivity (Wildman–Crippen MR) is 65.5 cm³/mol. The Bertz CT molecular complexity index is 337. The smallest absolute Gasteiger partial charge is 0.125 e. The Balaban J connectivity index is 1.94. The van der Waals surface area contributed by atoms with Crippen LogP contribution in [0.4, 0.5) is 11.5 Å². The molecule has 0 spiro atoms.